The highest BCUT2D eigenvalue weighted by atomic mass is 32.2. The Morgan fingerprint density at radius 3 is 2.12 bits per heavy atom. The van der Waals surface area contributed by atoms with E-state index in [4.69, 9.17) is 0 Å². The summed E-state index contributed by atoms with van der Waals surface area (Å²) in [6.45, 7) is 6.97. The van der Waals surface area contributed by atoms with E-state index >= 15 is 0 Å². The minimum Gasteiger partial charge on any atom is -0.351 e. The Labute approximate surface area is 149 Å². The van der Waals surface area contributed by atoms with Crippen LogP contribution in [0.5, 0.6) is 0 Å². The SMILES string of the molecule is Cc1nc(NC2CCN(S(=O)(=O)c3ccccc3)CC2)nc(C)c1C. The van der Waals surface area contributed by atoms with Crippen LogP contribution in [0.2, 0.25) is 0 Å². The zero-order valence-corrected chi connectivity index (χ0v) is 15.7. The summed E-state index contributed by atoms with van der Waals surface area (Å²) in [5.41, 5.74) is 3.05. The smallest absolute Gasteiger partial charge is 0.243 e. The number of aromatic nitrogens is 2. The number of nitrogens with one attached hydrogen (secondary N) is 1. The van der Waals surface area contributed by atoms with E-state index in [1.54, 1.807) is 28.6 Å². The van der Waals surface area contributed by atoms with Gasteiger partial charge >= 0.3 is 0 Å². The van der Waals surface area contributed by atoms with Crippen molar-refractivity contribution in [2.75, 3.05) is 18.4 Å². The zero-order chi connectivity index (χ0) is 18.0. The molecule has 1 N–H and O–H groups in total. The minimum atomic E-state index is -3.40. The molecule has 3 rings (SSSR count). The van der Waals surface area contributed by atoms with E-state index in [1.807, 2.05) is 26.8 Å². The van der Waals surface area contributed by atoms with Crippen molar-refractivity contribution in [1.82, 2.24) is 14.3 Å². The molecule has 7 heteroatoms. The van der Waals surface area contributed by atoms with E-state index in [2.05, 4.69) is 15.3 Å². The Morgan fingerprint density at radius 2 is 1.56 bits per heavy atom. The molecule has 0 spiro atoms. The maximum absolute atomic E-state index is 12.7. The second kappa shape index (κ2) is 7.09. The van der Waals surface area contributed by atoms with Gasteiger partial charge in [-0.05, 0) is 51.3 Å². The lowest BCUT2D eigenvalue weighted by molar-refractivity contribution is 0.329. The van der Waals surface area contributed by atoms with Crippen molar-refractivity contribution in [1.29, 1.82) is 0 Å². The molecule has 0 unspecified atom stereocenters. The van der Waals surface area contributed by atoms with Crippen LogP contribution in [0.3, 0.4) is 0 Å². The van der Waals surface area contributed by atoms with E-state index in [0.717, 1.165) is 29.8 Å². The van der Waals surface area contributed by atoms with Crippen molar-refractivity contribution in [3.05, 3.63) is 47.3 Å². The Balaban J connectivity index is 1.64. The molecular formula is C18H24N4O2S. The molecule has 0 radical (unpaired) electrons. The zero-order valence-electron chi connectivity index (χ0n) is 14.9. The molecule has 1 fully saturated rings. The van der Waals surface area contributed by atoms with E-state index < -0.39 is 10.0 Å². The quantitative estimate of drug-likeness (QED) is 0.907. The molecule has 0 saturated carbocycles. The lowest BCUT2D eigenvalue weighted by Gasteiger charge is -2.31. The van der Waals surface area contributed by atoms with E-state index in [-0.39, 0.29) is 6.04 Å². The molecule has 1 aromatic heterocycles. The summed E-state index contributed by atoms with van der Waals surface area (Å²) in [5, 5.41) is 3.36. The second-order valence-electron chi connectivity index (χ2n) is 6.48. The molecule has 0 bridgehead atoms. The normalized spacial score (nSPS) is 16.8. The summed E-state index contributed by atoms with van der Waals surface area (Å²) < 4.78 is 26.9. The van der Waals surface area contributed by atoms with Crippen LogP contribution in [-0.2, 0) is 10.0 Å². The van der Waals surface area contributed by atoms with Crippen molar-refractivity contribution in [3.8, 4) is 0 Å². The van der Waals surface area contributed by atoms with Crippen molar-refractivity contribution < 1.29 is 8.42 Å². The van der Waals surface area contributed by atoms with Gasteiger partial charge in [0.25, 0.3) is 0 Å². The van der Waals surface area contributed by atoms with Crippen molar-refractivity contribution in [2.45, 2.75) is 44.6 Å². The van der Waals surface area contributed by atoms with Crippen LogP contribution in [0, 0.1) is 20.8 Å². The highest BCUT2D eigenvalue weighted by Crippen LogP contribution is 2.22. The number of benzene rings is 1. The lowest BCUT2D eigenvalue weighted by atomic mass is 10.1. The first kappa shape index (κ1) is 17.8. The standard InChI is InChI=1S/C18H24N4O2S/c1-13-14(2)19-18(20-15(13)3)21-16-9-11-22(12-10-16)25(23,24)17-7-5-4-6-8-17/h4-8,16H,9-12H2,1-3H3,(H,19,20,21). The Hall–Kier alpha value is -1.99. The molecule has 0 atom stereocenters. The van der Waals surface area contributed by atoms with Gasteiger partial charge in [-0.2, -0.15) is 4.31 Å². The van der Waals surface area contributed by atoms with Crippen molar-refractivity contribution in [3.63, 3.8) is 0 Å². The average Bonchev–Trinajstić information content (AvgIpc) is 2.61. The fraction of sp³-hybridized carbons (Fsp3) is 0.444. The number of piperidine rings is 1. The second-order valence-corrected chi connectivity index (χ2v) is 8.42. The molecule has 6 nitrogen and oxygen atoms in total. The number of sulfonamides is 1. The van der Waals surface area contributed by atoms with Crippen LogP contribution in [0.15, 0.2) is 35.2 Å². The molecule has 1 aliphatic heterocycles. The summed E-state index contributed by atoms with van der Waals surface area (Å²) in [6.07, 6.45) is 1.47. The minimum absolute atomic E-state index is 0.184. The average molecular weight is 360 g/mol. The number of hydrogen-bond acceptors (Lipinski definition) is 5. The van der Waals surface area contributed by atoms with Gasteiger partial charge < -0.3 is 5.32 Å². The van der Waals surface area contributed by atoms with Crippen molar-refractivity contribution in [2.24, 2.45) is 0 Å². The Morgan fingerprint density at radius 1 is 1.00 bits per heavy atom. The van der Waals surface area contributed by atoms with Gasteiger partial charge in [0.05, 0.1) is 4.90 Å². The highest BCUT2D eigenvalue weighted by molar-refractivity contribution is 7.89. The number of hydrogen-bond donors (Lipinski definition) is 1. The molecule has 0 aliphatic carbocycles. The predicted molar refractivity (Wildman–Crippen MR) is 98.1 cm³/mol. The van der Waals surface area contributed by atoms with Crippen LogP contribution >= 0.6 is 0 Å². The van der Waals surface area contributed by atoms with Gasteiger partial charge in [-0.3, -0.25) is 0 Å². The first-order chi connectivity index (χ1) is 11.9. The predicted octanol–water partition coefficient (Wildman–Crippen LogP) is 2.67. The van der Waals surface area contributed by atoms with Crippen molar-refractivity contribution >= 4 is 16.0 Å². The van der Waals surface area contributed by atoms with Gasteiger partial charge in [0, 0.05) is 30.5 Å². The van der Waals surface area contributed by atoms with Gasteiger partial charge in [-0.25, -0.2) is 18.4 Å². The first-order valence-electron chi connectivity index (χ1n) is 8.51. The largest absolute Gasteiger partial charge is 0.351 e. The Bertz CT molecular complexity index is 822. The fourth-order valence-corrected chi connectivity index (χ4v) is 4.49. The molecule has 2 aromatic rings. The summed E-state index contributed by atoms with van der Waals surface area (Å²) in [6, 6.07) is 8.79. The molecule has 0 amide bonds. The summed E-state index contributed by atoms with van der Waals surface area (Å²) in [7, 11) is -3.40. The molecule has 134 valence electrons. The van der Waals surface area contributed by atoms with Gasteiger partial charge in [0.15, 0.2) is 0 Å². The molecular weight excluding hydrogens is 336 g/mol. The van der Waals surface area contributed by atoms with Gasteiger partial charge in [0.1, 0.15) is 0 Å². The topological polar surface area (TPSA) is 75.2 Å². The summed E-state index contributed by atoms with van der Waals surface area (Å²) in [5.74, 6) is 0.630. The van der Waals surface area contributed by atoms with Gasteiger partial charge in [-0.1, -0.05) is 18.2 Å². The number of nitrogens with zero attached hydrogens (tertiary/aromatic N) is 3. The lowest BCUT2D eigenvalue weighted by Crippen LogP contribution is -2.42. The maximum Gasteiger partial charge on any atom is 0.243 e. The van der Waals surface area contributed by atoms with E-state index in [0.29, 0.717) is 23.9 Å². The van der Waals surface area contributed by atoms with Crippen LogP contribution in [0.4, 0.5) is 5.95 Å². The molecule has 1 saturated heterocycles. The molecule has 1 aromatic carbocycles. The molecule has 1 aliphatic rings. The third-order valence-electron chi connectivity index (χ3n) is 4.80. The first-order valence-corrected chi connectivity index (χ1v) is 9.95. The van der Waals surface area contributed by atoms with Crippen LogP contribution in [0.1, 0.15) is 29.8 Å². The van der Waals surface area contributed by atoms with Crippen LogP contribution in [0.25, 0.3) is 0 Å². The summed E-state index contributed by atoms with van der Waals surface area (Å²) >= 11 is 0. The molecule has 2 heterocycles. The highest BCUT2D eigenvalue weighted by Gasteiger charge is 2.29. The van der Waals surface area contributed by atoms with Crippen LogP contribution in [-0.4, -0.2) is 41.8 Å². The maximum atomic E-state index is 12.7. The molecule has 25 heavy (non-hydrogen) atoms. The number of anilines is 1. The monoisotopic (exact) mass is 360 g/mol. The van der Waals surface area contributed by atoms with Crippen LogP contribution < -0.4 is 5.32 Å². The Kier molecular flexibility index (Phi) is 5.06. The van der Waals surface area contributed by atoms with E-state index in [1.165, 1.54) is 0 Å². The fourth-order valence-electron chi connectivity index (χ4n) is 3.00. The third kappa shape index (κ3) is 3.82. The van der Waals surface area contributed by atoms with Gasteiger partial charge in [-0.15, -0.1) is 0 Å². The number of aryl methyl sites for hydroxylation is 2. The van der Waals surface area contributed by atoms with E-state index in [9.17, 15) is 8.42 Å². The third-order valence-corrected chi connectivity index (χ3v) is 6.71. The number of rotatable bonds is 4. The van der Waals surface area contributed by atoms with Gasteiger partial charge in [0.2, 0.25) is 16.0 Å². The summed E-state index contributed by atoms with van der Waals surface area (Å²) in [4.78, 5) is 9.33.